The van der Waals surface area contributed by atoms with Gasteiger partial charge in [-0.15, -0.1) is 0 Å². The molecule has 3 heteroatoms. The molecule has 3 nitrogen and oxygen atoms in total. The van der Waals surface area contributed by atoms with Crippen molar-refractivity contribution in [3.8, 4) is 0 Å². The first-order valence-corrected chi connectivity index (χ1v) is 4.73. The number of nitrogens with one attached hydrogen (secondary N) is 1. The summed E-state index contributed by atoms with van der Waals surface area (Å²) in [4.78, 5) is 0. The lowest BCUT2D eigenvalue weighted by Gasteiger charge is -2.41. The van der Waals surface area contributed by atoms with Crippen molar-refractivity contribution in [1.82, 2.24) is 5.32 Å². The predicted octanol–water partition coefficient (Wildman–Crippen LogP) is 0.485. The number of hydrogen-bond donors (Lipinski definition) is 2. The quantitative estimate of drug-likeness (QED) is 0.557. The first-order valence-electron chi connectivity index (χ1n) is 4.73. The largest absolute Gasteiger partial charge is 0.365 e. The second-order valence-electron chi connectivity index (χ2n) is 4.11. The summed E-state index contributed by atoms with van der Waals surface area (Å²) in [7, 11) is 0. The smallest absolute Gasteiger partial charge is 0.168 e. The molecule has 0 aliphatic carbocycles. The second-order valence-corrected chi connectivity index (χ2v) is 4.11. The van der Waals surface area contributed by atoms with Gasteiger partial charge in [-0.1, -0.05) is 0 Å². The molecule has 0 amide bonds. The molecule has 0 aromatic carbocycles. The molecule has 1 atom stereocenters. The second kappa shape index (κ2) is 2.69. The van der Waals surface area contributed by atoms with E-state index in [0.29, 0.717) is 6.61 Å². The first kappa shape index (κ1) is 8.48. The highest BCUT2D eigenvalue weighted by Crippen LogP contribution is 2.48. The van der Waals surface area contributed by atoms with E-state index in [0.717, 1.165) is 32.4 Å². The molecule has 0 radical (unpaired) electrons. The van der Waals surface area contributed by atoms with Crippen LogP contribution in [0.5, 0.6) is 0 Å². The van der Waals surface area contributed by atoms with Gasteiger partial charge in [0.1, 0.15) is 0 Å². The van der Waals surface area contributed by atoms with Crippen LogP contribution in [0.2, 0.25) is 0 Å². The Kier molecular flexibility index (Phi) is 1.90. The zero-order valence-corrected chi connectivity index (χ0v) is 7.60. The van der Waals surface area contributed by atoms with E-state index in [2.05, 4.69) is 5.32 Å². The van der Waals surface area contributed by atoms with E-state index in [-0.39, 0.29) is 5.41 Å². The van der Waals surface area contributed by atoms with Crippen molar-refractivity contribution in [2.45, 2.75) is 32.0 Å². The molecule has 0 aromatic rings. The molecule has 2 saturated heterocycles. The zero-order valence-electron chi connectivity index (χ0n) is 7.60. The summed E-state index contributed by atoms with van der Waals surface area (Å²) in [6.45, 7) is 4.55. The fourth-order valence-corrected chi connectivity index (χ4v) is 2.45. The minimum atomic E-state index is -0.880. The van der Waals surface area contributed by atoms with Gasteiger partial charge >= 0.3 is 0 Å². The third-order valence-electron chi connectivity index (χ3n) is 3.51. The lowest BCUT2D eigenvalue weighted by Crippen LogP contribution is -2.48. The van der Waals surface area contributed by atoms with Gasteiger partial charge in [0.05, 0.1) is 6.61 Å². The summed E-state index contributed by atoms with van der Waals surface area (Å²) < 4.78 is 5.36. The number of ether oxygens (including phenoxy) is 1. The van der Waals surface area contributed by atoms with E-state index in [1.165, 1.54) is 0 Å². The molecule has 1 unspecified atom stereocenters. The molecule has 0 saturated carbocycles. The lowest BCUT2D eigenvalue weighted by atomic mass is 9.72. The van der Waals surface area contributed by atoms with Crippen LogP contribution in [0.4, 0.5) is 0 Å². The summed E-state index contributed by atoms with van der Waals surface area (Å²) in [5.41, 5.74) is 0.0399. The minimum Gasteiger partial charge on any atom is -0.365 e. The molecule has 12 heavy (non-hydrogen) atoms. The average Bonchev–Trinajstić information content (AvgIpc) is 2.30. The van der Waals surface area contributed by atoms with Gasteiger partial charge in [-0.2, -0.15) is 0 Å². The van der Waals surface area contributed by atoms with Crippen LogP contribution < -0.4 is 5.32 Å². The van der Waals surface area contributed by atoms with Crippen molar-refractivity contribution in [2.75, 3.05) is 19.7 Å². The summed E-state index contributed by atoms with van der Waals surface area (Å²) in [6, 6.07) is 0. The van der Waals surface area contributed by atoms with Gasteiger partial charge < -0.3 is 15.2 Å². The number of rotatable bonds is 0. The Labute approximate surface area is 73.1 Å². The molecular formula is C9H17NO2. The summed E-state index contributed by atoms with van der Waals surface area (Å²) in [6.07, 6.45) is 3.10. The van der Waals surface area contributed by atoms with E-state index in [9.17, 15) is 5.11 Å². The molecule has 0 bridgehead atoms. The zero-order chi connectivity index (χ0) is 8.66. The van der Waals surface area contributed by atoms with Gasteiger partial charge in [0, 0.05) is 5.41 Å². The predicted molar refractivity (Wildman–Crippen MR) is 45.7 cm³/mol. The van der Waals surface area contributed by atoms with Crippen molar-refractivity contribution in [3.63, 3.8) is 0 Å². The van der Waals surface area contributed by atoms with Crippen molar-refractivity contribution in [2.24, 2.45) is 5.41 Å². The van der Waals surface area contributed by atoms with Crippen LogP contribution in [-0.4, -0.2) is 30.6 Å². The fraction of sp³-hybridized carbons (Fsp3) is 1.00. The van der Waals surface area contributed by atoms with Crippen LogP contribution >= 0.6 is 0 Å². The van der Waals surface area contributed by atoms with Crippen LogP contribution in [0, 0.1) is 5.41 Å². The van der Waals surface area contributed by atoms with E-state index in [4.69, 9.17) is 4.74 Å². The van der Waals surface area contributed by atoms with Crippen LogP contribution in [0.25, 0.3) is 0 Å². The Morgan fingerprint density at radius 1 is 1.25 bits per heavy atom. The van der Waals surface area contributed by atoms with Crippen molar-refractivity contribution in [3.05, 3.63) is 0 Å². The average molecular weight is 171 g/mol. The van der Waals surface area contributed by atoms with E-state index >= 15 is 0 Å². The SMILES string of the molecule is CC1(O)OCCC12CCNCC2. The molecule has 2 rings (SSSR count). The molecule has 70 valence electrons. The van der Waals surface area contributed by atoms with Gasteiger partial charge in [0.25, 0.3) is 0 Å². The van der Waals surface area contributed by atoms with Crippen molar-refractivity contribution < 1.29 is 9.84 Å². The Morgan fingerprint density at radius 2 is 1.92 bits per heavy atom. The van der Waals surface area contributed by atoms with Crippen LogP contribution in [0.1, 0.15) is 26.2 Å². The molecule has 2 fully saturated rings. The fourth-order valence-electron chi connectivity index (χ4n) is 2.45. The van der Waals surface area contributed by atoms with Crippen molar-refractivity contribution >= 4 is 0 Å². The van der Waals surface area contributed by atoms with Crippen LogP contribution in [-0.2, 0) is 4.74 Å². The monoisotopic (exact) mass is 171 g/mol. The maximum Gasteiger partial charge on any atom is 0.168 e. The van der Waals surface area contributed by atoms with Gasteiger partial charge in [0.2, 0.25) is 0 Å². The normalized spacial score (nSPS) is 40.5. The van der Waals surface area contributed by atoms with Crippen LogP contribution in [0.3, 0.4) is 0 Å². The highest BCUT2D eigenvalue weighted by Gasteiger charge is 2.52. The molecule has 2 aliphatic heterocycles. The summed E-state index contributed by atoms with van der Waals surface area (Å²) in [5.74, 6) is -0.880. The third-order valence-corrected chi connectivity index (χ3v) is 3.51. The van der Waals surface area contributed by atoms with Gasteiger partial charge in [-0.3, -0.25) is 0 Å². The maximum absolute atomic E-state index is 10.0. The van der Waals surface area contributed by atoms with E-state index < -0.39 is 5.79 Å². The summed E-state index contributed by atoms with van der Waals surface area (Å²) in [5, 5.41) is 13.3. The lowest BCUT2D eigenvalue weighted by molar-refractivity contribution is -0.219. The Morgan fingerprint density at radius 3 is 2.42 bits per heavy atom. The van der Waals surface area contributed by atoms with E-state index in [1.807, 2.05) is 6.92 Å². The third kappa shape index (κ3) is 1.08. The van der Waals surface area contributed by atoms with Gasteiger partial charge in [0.15, 0.2) is 5.79 Å². The number of aliphatic hydroxyl groups is 1. The first-order chi connectivity index (χ1) is 5.66. The topological polar surface area (TPSA) is 41.5 Å². The minimum absolute atomic E-state index is 0.0399. The summed E-state index contributed by atoms with van der Waals surface area (Å²) >= 11 is 0. The molecule has 2 aliphatic rings. The molecule has 1 spiro atoms. The molecule has 2 heterocycles. The molecule has 0 aromatic heterocycles. The van der Waals surface area contributed by atoms with Crippen molar-refractivity contribution in [1.29, 1.82) is 0 Å². The Hall–Kier alpha value is -0.120. The van der Waals surface area contributed by atoms with Gasteiger partial charge in [-0.25, -0.2) is 0 Å². The Balaban J connectivity index is 2.17. The number of hydrogen-bond acceptors (Lipinski definition) is 3. The molecule has 2 N–H and O–H groups in total. The maximum atomic E-state index is 10.0. The molecular weight excluding hydrogens is 154 g/mol. The Bertz CT molecular complexity index is 173. The number of piperidine rings is 1. The standard InChI is InChI=1S/C9H17NO2/c1-8(11)9(4-7-12-8)2-5-10-6-3-9/h10-11H,2-7H2,1H3. The highest BCUT2D eigenvalue weighted by atomic mass is 16.6. The van der Waals surface area contributed by atoms with E-state index in [1.54, 1.807) is 0 Å². The van der Waals surface area contributed by atoms with Gasteiger partial charge in [-0.05, 0) is 39.3 Å². The van der Waals surface area contributed by atoms with Crippen LogP contribution in [0.15, 0.2) is 0 Å². The highest BCUT2D eigenvalue weighted by molar-refractivity contribution is 4.97.